The van der Waals surface area contributed by atoms with Crippen LogP contribution >= 0.6 is 23.4 Å². The number of hydrogen-bond donors (Lipinski definition) is 1. The van der Waals surface area contributed by atoms with Crippen LogP contribution in [0.2, 0.25) is 5.02 Å². The van der Waals surface area contributed by atoms with E-state index >= 15 is 0 Å². The molecule has 2 aromatic rings. The molecule has 0 heterocycles. The number of likely N-dealkylation sites (N-methyl/N-ethyl adjacent to an activating group) is 1. The average Bonchev–Trinajstić information content (AvgIpc) is 2.73. The number of nitrogens with one attached hydrogen (secondary N) is 1. The van der Waals surface area contributed by atoms with Gasteiger partial charge < -0.3 is 15.0 Å². The highest BCUT2D eigenvalue weighted by Crippen LogP contribution is 2.20. The lowest BCUT2D eigenvalue weighted by molar-refractivity contribution is -0.139. The van der Waals surface area contributed by atoms with Gasteiger partial charge in [0.25, 0.3) is 0 Å². The molecule has 156 valence electrons. The molecule has 0 aliphatic heterocycles. The molecular formula is C22H27ClN2O3S. The van der Waals surface area contributed by atoms with Gasteiger partial charge in [-0.15, -0.1) is 11.8 Å². The van der Waals surface area contributed by atoms with Gasteiger partial charge in [0.05, 0.1) is 12.9 Å². The van der Waals surface area contributed by atoms with Crippen LogP contribution in [0.3, 0.4) is 0 Å². The van der Waals surface area contributed by atoms with Gasteiger partial charge in [-0.1, -0.05) is 42.8 Å². The molecule has 0 radical (unpaired) electrons. The summed E-state index contributed by atoms with van der Waals surface area (Å²) in [5, 5.41) is 3.35. The van der Waals surface area contributed by atoms with Crippen molar-refractivity contribution < 1.29 is 14.3 Å². The van der Waals surface area contributed by atoms with Crippen molar-refractivity contribution in [3.8, 4) is 5.75 Å². The second kappa shape index (κ2) is 11.7. The van der Waals surface area contributed by atoms with Gasteiger partial charge in [-0.25, -0.2) is 0 Å². The second-order valence-electron chi connectivity index (χ2n) is 6.53. The quantitative estimate of drug-likeness (QED) is 0.610. The number of ether oxygens (including phenoxy) is 1. The van der Waals surface area contributed by atoms with Crippen molar-refractivity contribution in [2.75, 3.05) is 19.9 Å². The monoisotopic (exact) mass is 434 g/mol. The van der Waals surface area contributed by atoms with Gasteiger partial charge in [0, 0.05) is 24.4 Å². The summed E-state index contributed by atoms with van der Waals surface area (Å²) in [6, 6.07) is 14.6. The first-order valence-corrected chi connectivity index (χ1v) is 11.0. The zero-order chi connectivity index (χ0) is 21.2. The third-order valence-electron chi connectivity index (χ3n) is 4.53. The molecule has 1 atom stereocenters. The maximum absolute atomic E-state index is 13.0. The SMILES string of the molecule is CC[C@@H](C(=O)NC)N(Cc1ccc(OC)cc1)C(=O)CSCc1cccc(Cl)c1. The van der Waals surface area contributed by atoms with E-state index in [1.807, 2.05) is 55.5 Å². The van der Waals surface area contributed by atoms with Crippen LogP contribution in [0.1, 0.15) is 24.5 Å². The summed E-state index contributed by atoms with van der Waals surface area (Å²) in [6.07, 6.45) is 0.542. The van der Waals surface area contributed by atoms with E-state index in [2.05, 4.69) is 5.32 Å². The van der Waals surface area contributed by atoms with Gasteiger partial charge in [-0.05, 0) is 41.8 Å². The third kappa shape index (κ3) is 6.98. The molecular weight excluding hydrogens is 408 g/mol. The van der Waals surface area contributed by atoms with E-state index < -0.39 is 6.04 Å². The molecule has 0 aliphatic carbocycles. The molecule has 0 saturated heterocycles. The number of amides is 2. The van der Waals surface area contributed by atoms with Gasteiger partial charge in [0.2, 0.25) is 11.8 Å². The fourth-order valence-electron chi connectivity index (χ4n) is 2.98. The van der Waals surface area contributed by atoms with Crippen LogP contribution in [0, 0.1) is 0 Å². The number of rotatable bonds is 10. The maximum Gasteiger partial charge on any atom is 0.242 e. The summed E-state index contributed by atoms with van der Waals surface area (Å²) in [5.74, 6) is 1.50. The van der Waals surface area contributed by atoms with E-state index in [1.54, 1.807) is 19.1 Å². The lowest BCUT2D eigenvalue weighted by Crippen LogP contribution is -2.48. The van der Waals surface area contributed by atoms with Gasteiger partial charge in [0.1, 0.15) is 11.8 Å². The number of carbonyl (C=O) groups excluding carboxylic acids is 2. The predicted octanol–water partition coefficient (Wildman–Crippen LogP) is 4.14. The molecule has 0 unspecified atom stereocenters. The summed E-state index contributed by atoms with van der Waals surface area (Å²) in [7, 11) is 3.20. The number of halogens is 1. The van der Waals surface area contributed by atoms with Crippen LogP contribution in [0.15, 0.2) is 48.5 Å². The summed E-state index contributed by atoms with van der Waals surface area (Å²) in [6.45, 7) is 2.28. The maximum atomic E-state index is 13.0. The van der Waals surface area contributed by atoms with Gasteiger partial charge in [0.15, 0.2) is 0 Å². The minimum atomic E-state index is -0.513. The fraction of sp³-hybridized carbons (Fsp3) is 0.364. The van der Waals surface area contributed by atoms with Crippen molar-refractivity contribution in [3.63, 3.8) is 0 Å². The van der Waals surface area contributed by atoms with Gasteiger partial charge >= 0.3 is 0 Å². The largest absolute Gasteiger partial charge is 0.497 e. The van der Waals surface area contributed by atoms with Crippen molar-refractivity contribution >= 4 is 35.2 Å². The summed E-state index contributed by atoms with van der Waals surface area (Å²) < 4.78 is 5.19. The molecule has 2 aromatic carbocycles. The van der Waals surface area contributed by atoms with Crippen LogP contribution in [0.5, 0.6) is 5.75 Å². The Morgan fingerprint density at radius 1 is 1.17 bits per heavy atom. The van der Waals surface area contributed by atoms with E-state index in [-0.39, 0.29) is 17.6 Å². The molecule has 0 spiro atoms. The lowest BCUT2D eigenvalue weighted by Gasteiger charge is -2.30. The number of nitrogens with zero attached hydrogens (tertiary/aromatic N) is 1. The van der Waals surface area contributed by atoms with Crippen LogP contribution in [-0.4, -0.2) is 42.7 Å². The van der Waals surface area contributed by atoms with Crippen LogP contribution in [-0.2, 0) is 21.9 Å². The summed E-state index contributed by atoms with van der Waals surface area (Å²) in [4.78, 5) is 27.0. The first-order valence-electron chi connectivity index (χ1n) is 9.44. The average molecular weight is 435 g/mol. The highest BCUT2D eigenvalue weighted by molar-refractivity contribution is 7.99. The Morgan fingerprint density at radius 3 is 2.48 bits per heavy atom. The van der Waals surface area contributed by atoms with E-state index in [0.29, 0.717) is 23.7 Å². The Kier molecular flexibility index (Phi) is 9.35. The van der Waals surface area contributed by atoms with Crippen molar-refractivity contribution in [3.05, 3.63) is 64.7 Å². The highest BCUT2D eigenvalue weighted by Gasteiger charge is 2.27. The first kappa shape index (κ1) is 23.1. The van der Waals surface area contributed by atoms with Crippen molar-refractivity contribution in [1.29, 1.82) is 0 Å². The topological polar surface area (TPSA) is 58.6 Å². The molecule has 0 aliphatic rings. The highest BCUT2D eigenvalue weighted by atomic mass is 35.5. The number of thioether (sulfide) groups is 1. The minimum absolute atomic E-state index is 0.0664. The van der Waals surface area contributed by atoms with Gasteiger partial charge in [-0.3, -0.25) is 9.59 Å². The Labute approximate surface area is 181 Å². The zero-order valence-electron chi connectivity index (χ0n) is 17.0. The first-order chi connectivity index (χ1) is 14.0. The molecule has 7 heteroatoms. The summed E-state index contributed by atoms with van der Waals surface area (Å²) >= 11 is 7.54. The van der Waals surface area contributed by atoms with Crippen molar-refractivity contribution in [2.24, 2.45) is 0 Å². The molecule has 2 rings (SSSR count). The molecule has 0 fully saturated rings. The normalized spacial score (nSPS) is 11.6. The van der Waals surface area contributed by atoms with E-state index in [1.165, 1.54) is 11.8 Å². The van der Waals surface area contributed by atoms with Gasteiger partial charge in [-0.2, -0.15) is 0 Å². The number of hydrogen-bond acceptors (Lipinski definition) is 4. The molecule has 0 aromatic heterocycles. The Bertz CT molecular complexity index is 814. The minimum Gasteiger partial charge on any atom is -0.497 e. The molecule has 0 saturated carbocycles. The van der Waals surface area contributed by atoms with E-state index in [0.717, 1.165) is 16.9 Å². The number of benzene rings is 2. The van der Waals surface area contributed by atoms with Crippen molar-refractivity contribution in [1.82, 2.24) is 10.2 Å². The molecule has 1 N–H and O–H groups in total. The van der Waals surface area contributed by atoms with Crippen LogP contribution in [0.25, 0.3) is 0 Å². The van der Waals surface area contributed by atoms with Crippen LogP contribution in [0.4, 0.5) is 0 Å². The Balaban J connectivity index is 2.09. The number of carbonyl (C=O) groups is 2. The zero-order valence-corrected chi connectivity index (χ0v) is 18.6. The molecule has 5 nitrogen and oxygen atoms in total. The second-order valence-corrected chi connectivity index (χ2v) is 7.95. The summed E-state index contributed by atoms with van der Waals surface area (Å²) in [5.41, 5.74) is 2.01. The van der Waals surface area contributed by atoms with E-state index in [9.17, 15) is 9.59 Å². The molecule has 2 amide bonds. The standard InChI is InChI=1S/C22H27ClN2O3S/c1-4-20(22(27)24-2)25(13-16-8-10-19(28-3)11-9-16)21(26)15-29-14-17-6-5-7-18(23)12-17/h5-12,20H,4,13-15H2,1-3H3,(H,24,27)/t20-/m0/s1. The van der Waals surface area contributed by atoms with E-state index in [4.69, 9.17) is 16.3 Å². The predicted molar refractivity (Wildman–Crippen MR) is 119 cm³/mol. The molecule has 0 bridgehead atoms. The van der Waals surface area contributed by atoms with Crippen molar-refractivity contribution in [2.45, 2.75) is 31.7 Å². The lowest BCUT2D eigenvalue weighted by atomic mass is 10.1. The smallest absolute Gasteiger partial charge is 0.242 e. The third-order valence-corrected chi connectivity index (χ3v) is 5.75. The molecule has 29 heavy (non-hydrogen) atoms. The Morgan fingerprint density at radius 2 is 1.90 bits per heavy atom. The Hall–Kier alpha value is -2.18. The van der Waals surface area contributed by atoms with Crippen LogP contribution < -0.4 is 10.1 Å². The fourth-order valence-corrected chi connectivity index (χ4v) is 4.05. The number of methoxy groups -OCH3 is 1.